The average Bonchev–Trinajstić information content (AvgIpc) is 1.65. The first-order chi connectivity index (χ1) is 2.81. The number of hydrogen-bond acceptors (Lipinski definition) is 0. The highest BCUT2D eigenvalue weighted by atomic mass is 32.6. The van der Waals surface area contributed by atoms with Gasteiger partial charge < -0.3 is 0 Å². The van der Waals surface area contributed by atoms with E-state index in [1.54, 1.807) is 0 Å². The summed E-state index contributed by atoms with van der Waals surface area (Å²) in [6.45, 7) is 2.23. The molecule has 0 bridgehead atoms. The number of hydrogen-bond donors (Lipinski definition) is 0. The summed E-state index contributed by atoms with van der Waals surface area (Å²) in [6, 6.07) is 0. The van der Waals surface area contributed by atoms with Crippen molar-refractivity contribution in [2.45, 2.75) is 21.8 Å². The van der Waals surface area contributed by atoms with E-state index in [0.29, 0.717) is 7.30 Å². The Bertz CT molecular complexity index is 27.2. The van der Waals surface area contributed by atoms with Crippen LogP contribution in [-0.2, 0) is 0 Å². The van der Waals surface area contributed by atoms with Crippen LogP contribution in [0.1, 0.15) is 21.8 Å². The van der Waals surface area contributed by atoms with Gasteiger partial charge in [-0.1, -0.05) is 37.0 Å². The monoisotopic (exact) mass is 190 g/mol. The van der Waals surface area contributed by atoms with Gasteiger partial charge in [0.25, 0.3) is 0 Å². The van der Waals surface area contributed by atoms with Crippen LogP contribution in [0, 0.1) is 0 Å². The molecule has 0 radical (unpaired) electrons. The molecule has 0 fully saturated rings. The Hall–Kier alpha value is 1.72. The SMILES string of the molecule is C.C.CCP(P)PP. The molecule has 54 valence electrons. The third kappa shape index (κ3) is 10.7. The smallest absolute Gasteiger partial charge is 0.0281 e. The first-order valence-corrected chi connectivity index (χ1v) is 8.59. The molecule has 0 aromatic rings. The van der Waals surface area contributed by atoms with Crippen molar-refractivity contribution < 1.29 is 0 Å². The highest BCUT2D eigenvalue weighted by Gasteiger charge is 1.87. The Balaban J connectivity index is -0.000000125. The Kier molecular flexibility index (Phi) is 23.5. The van der Waals surface area contributed by atoms with Crippen LogP contribution < -0.4 is 0 Å². The summed E-state index contributed by atoms with van der Waals surface area (Å²) in [4.78, 5) is 0. The van der Waals surface area contributed by atoms with E-state index in [4.69, 9.17) is 0 Å². The summed E-state index contributed by atoms with van der Waals surface area (Å²) in [5, 5.41) is 0. The van der Waals surface area contributed by atoms with Crippen LogP contribution in [0.5, 0.6) is 0 Å². The molecular formula is C4H18P4. The molecule has 0 amide bonds. The predicted octanol–water partition coefficient (Wildman–Crippen LogP) is 3.93. The predicted molar refractivity (Wildman–Crippen MR) is 58.7 cm³/mol. The lowest BCUT2D eigenvalue weighted by Crippen LogP contribution is -1.51. The molecule has 0 spiro atoms. The van der Waals surface area contributed by atoms with Crippen LogP contribution in [-0.4, -0.2) is 6.16 Å². The van der Waals surface area contributed by atoms with Gasteiger partial charge in [0.2, 0.25) is 0 Å². The molecule has 4 unspecified atom stereocenters. The lowest BCUT2D eigenvalue weighted by molar-refractivity contribution is 1.53. The Morgan fingerprint density at radius 3 is 1.88 bits per heavy atom. The minimum Gasteiger partial charge on any atom is -0.110 e. The highest BCUT2D eigenvalue weighted by molar-refractivity contribution is 8.61. The van der Waals surface area contributed by atoms with Crippen molar-refractivity contribution in [3.8, 4) is 0 Å². The summed E-state index contributed by atoms with van der Waals surface area (Å²) in [5.41, 5.74) is 0. The molecule has 0 saturated carbocycles. The van der Waals surface area contributed by atoms with Gasteiger partial charge >= 0.3 is 0 Å². The van der Waals surface area contributed by atoms with Crippen LogP contribution in [0.15, 0.2) is 0 Å². The molecule has 0 aliphatic carbocycles. The molecule has 0 aliphatic heterocycles. The second-order valence-electron chi connectivity index (χ2n) is 0.915. The van der Waals surface area contributed by atoms with Gasteiger partial charge in [0.1, 0.15) is 0 Å². The minimum atomic E-state index is 0. The molecule has 0 heterocycles. The van der Waals surface area contributed by atoms with Crippen molar-refractivity contribution in [1.29, 1.82) is 0 Å². The molecule has 8 heavy (non-hydrogen) atoms. The van der Waals surface area contributed by atoms with Crippen LogP contribution in [0.25, 0.3) is 0 Å². The maximum Gasteiger partial charge on any atom is -0.0281 e. The molecule has 0 nitrogen and oxygen atoms in total. The quantitative estimate of drug-likeness (QED) is 0.578. The third-order valence-electron chi connectivity index (χ3n) is 0.507. The number of rotatable bonds is 2. The van der Waals surface area contributed by atoms with Crippen molar-refractivity contribution in [1.82, 2.24) is 0 Å². The van der Waals surface area contributed by atoms with E-state index >= 15 is 0 Å². The van der Waals surface area contributed by atoms with Gasteiger partial charge in [-0.25, -0.2) is 0 Å². The second kappa shape index (κ2) is 11.5. The van der Waals surface area contributed by atoms with E-state index in [9.17, 15) is 0 Å². The molecule has 4 heteroatoms. The summed E-state index contributed by atoms with van der Waals surface area (Å²) >= 11 is 0. The topological polar surface area (TPSA) is 0 Å². The fourth-order valence-electron chi connectivity index (χ4n) is 0.0913. The zero-order valence-electron chi connectivity index (χ0n) is 3.81. The fraction of sp³-hybridized carbons (Fsp3) is 1.00. The molecule has 0 rings (SSSR count). The zero-order valence-corrected chi connectivity index (χ0v) is 8.01. The van der Waals surface area contributed by atoms with E-state index in [-0.39, 0.29) is 14.9 Å². The van der Waals surface area contributed by atoms with E-state index in [1.807, 2.05) is 0 Å². The third-order valence-corrected chi connectivity index (χ3v) is 11.6. The van der Waals surface area contributed by atoms with Crippen LogP contribution >= 0.6 is 33.1 Å². The lowest BCUT2D eigenvalue weighted by Gasteiger charge is -2.00. The standard InChI is InChI=1S/C2H10P4.2CH4/c1-2-6(4)5-3;;/h5H,2-4H2,1H3;2*1H4. The molecule has 0 saturated heterocycles. The van der Waals surface area contributed by atoms with Crippen molar-refractivity contribution in [3.63, 3.8) is 0 Å². The maximum absolute atomic E-state index is 2.87. The molecule has 0 aromatic heterocycles. The van der Waals surface area contributed by atoms with E-state index in [0.717, 1.165) is 7.96 Å². The van der Waals surface area contributed by atoms with Crippen molar-refractivity contribution in [2.75, 3.05) is 6.16 Å². The van der Waals surface area contributed by atoms with Gasteiger partial charge in [-0.2, -0.15) is 0 Å². The van der Waals surface area contributed by atoms with Gasteiger partial charge in [0.15, 0.2) is 0 Å². The van der Waals surface area contributed by atoms with Crippen molar-refractivity contribution in [3.05, 3.63) is 0 Å². The Morgan fingerprint density at radius 2 is 1.88 bits per heavy atom. The first kappa shape index (κ1) is 16.4. The van der Waals surface area contributed by atoms with Gasteiger partial charge in [-0.15, -0.1) is 17.9 Å². The Morgan fingerprint density at radius 1 is 1.50 bits per heavy atom. The Labute approximate surface area is 61.6 Å². The zero-order chi connectivity index (χ0) is 4.99. The molecular weight excluding hydrogens is 172 g/mol. The van der Waals surface area contributed by atoms with Crippen LogP contribution in [0.3, 0.4) is 0 Å². The van der Waals surface area contributed by atoms with E-state index in [1.165, 1.54) is 6.16 Å². The van der Waals surface area contributed by atoms with E-state index in [2.05, 4.69) is 24.8 Å². The lowest BCUT2D eigenvalue weighted by atomic mass is 11.0. The van der Waals surface area contributed by atoms with Gasteiger partial charge in [0.05, 0.1) is 0 Å². The maximum atomic E-state index is 2.87. The van der Waals surface area contributed by atoms with Crippen molar-refractivity contribution in [2.24, 2.45) is 0 Å². The van der Waals surface area contributed by atoms with E-state index < -0.39 is 0 Å². The minimum absolute atomic E-state index is 0. The summed E-state index contributed by atoms with van der Waals surface area (Å²) in [7, 11) is 7.05. The molecule has 4 atom stereocenters. The summed E-state index contributed by atoms with van der Waals surface area (Å²) < 4.78 is 0. The normalized spacial score (nSPS) is 12.4. The first-order valence-electron chi connectivity index (χ1n) is 1.79. The average molecular weight is 190 g/mol. The van der Waals surface area contributed by atoms with Gasteiger partial charge in [-0.3, -0.25) is 0 Å². The molecule has 0 aromatic carbocycles. The van der Waals surface area contributed by atoms with Crippen LogP contribution in [0.2, 0.25) is 0 Å². The van der Waals surface area contributed by atoms with Crippen molar-refractivity contribution >= 4 is 33.1 Å². The van der Waals surface area contributed by atoms with Gasteiger partial charge in [-0.05, 0) is 6.16 Å². The largest absolute Gasteiger partial charge is 0.110 e. The van der Waals surface area contributed by atoms with Gasteiger partial charge in [0, 0.05) is 0 Å². The highest BCUT2D eigenvalue weighted by Crippen LogP contribution is 2.65. The van der Waals surface area contributed by atoms with Crippen LogP contribution in [0.4, 0.5) is 0 Å². The summed E-state index contributed by atoms with van der Waals surface area (Å²) in [5.74, 6) is 0. The second-order valence-corrected chi connectivity index (χ2v) is 11.0. The molecule has 0 N–H and O–H groups in total. The summed E-state index contributed by atoms with van der Waals surface area (Å²) in [6.07, 6.45) is 1.35. The molecule has 0 aliphatic rings. The fourth-order valence-corrected chi connectivity index (χ4v) is 2.46.